The van der Waals surface area contributed by atoms with Crippen LogP contribution in [-0.4, -0.2) is 51.1 Å². The van der Waals surface area contributed by atoms with Crippen LogP contribution in [0.25, 0.3) is 0 Å². The topological polar surface area (TPSA) is 56.8 Å². The maximum absolute atomic E-state index is 12.0. The summed E-state index contributed by atoms with van der Waals surface area (Å²) in [4.78, 5) is 12.0. The van der Waals surface area contributed by atoms with Gasteiger partial charge in [-0.25, -0.2) is 0 Å². The predicted octanol–water partition coefficient (Wildman–Crippen LogP) is 1.50. The first-order chi connectivity index (χ1) is 9.18. The van der Waals surface area contributed by atoms with Crippen LogP contribution in [-0.2, 0) is 19.0 Å². The molecule has 0 saturated heterocycles. The average molecular weight is 273 g/mol. The van der Waals surface area contributed by atoms with Crippen molar-refractivity contribution >= 4 is 5.97 Å². The van der Waals surface area contributed by atoms with Crippen molar-refractivity contribution in [2.45, 2.75) is 51.2 Å². The van der Waals surface area contributed by atoms with Gasteiger partial charge < -0.3 is 19.5 Å². The zero-order valence-electron chi connectivity index (χ0n) is 12.4. The first-order valence-corrected chi connectivity index (χ1v) is 7.21. The number of carbonyl (C=O) groups excluding carboxylic acids is 1. The van der Waals surface area contributed by atoms with Crippen molar-refractivity contribution in [3.63, 3.8) is 0 Å². The Hall–Kier alpha value is -0.650. The molecule has 1 fully saturated rings. The average Bonchev–Trinajstić information content (AvgIpc) is 2.43. The van der Waals surface area contributed by atoms with Crippen molar-refractivity contribution in [1.82, 2.24) is 5.32 Å². The monoisotopic (exact) mass is 273 g/mol. The van der Waals surface area contributed by atoms with Crippen LogP contribution in [0, 0.1) is 0 Å². The molecule has 0 aliphatic heterocycles. The molecule has 1 N–H and O–H groups in total. The molecule has 19 heavy (non-hydrogen) atoms. The Kier molecular flexibility index (Phi) is 7.34. The quantitative estimate of drug-likeness (QED) is 0.536. The molecule has 2 atom stereocenters. The van der Waals surface area contributed by atoms with Crippen LogP contribution in [0.1, 0.15) is 39.5 Å². The van der Waals surface area contributed by atoms with Gasteiger partial charge in [0, 0.05) is 13.0 Å². The van der Waals surface area contributed by atoms with Crippen molar-refractivity contribution in [3.8, 4) is 0 Å². The van der Waals surface area contributed by atoms with Crippen LogP contribution in [0.5, 0.6) is 0 Å². The summed E-state index contributed by atoms with van der Waals surface area (Å²) in [6.45, 7) is 6.62. The predicted molar refractivity (Wildman–Crippen MR) is 73.1 cm³/mol. The molecular formula is C14H27NO4. The number of rotatable bonds is 8. The molecule has 0 bridgehead atoms. The second-order valence-electron chi connectivity index (χ2n) is 4.89. The second-order valence-corrected chi connectivity index (χ2v) is 4.89. The van der Waals surface area contributed by atoms with Crippen molar-refractivity contribution < 1.29 is 19.0 Å². The smallest absolute Gasteiger partial charge is 0.326 e. The van der Waals surface area contributed by atoms with E-state index >= 15 is 0 Å². The minimum atomic E-state index is -0.571. The maximum atomic E-state index is 12.0. The van der Waals surface area contributed by atoms with Crippen molar-refractivity contribution in [3.05, 3.63) is 0 Å². The summed E-state index contributed by atoms with van der Waals surface area (Å²) in [6, 6.07) is 0. The Bertz CT molecular complexity index is 268. The third kappa shape index (κ3) is 4.75. The summed E-state index contributed by atoms with van der Waals surface area (Å²) in [7, 11) is 1.45. The third-order valence-electron chi connectivity index (χ3n) is 3.58. The van der Waals surface area contributed by atoms with E-state index in [0.29, 0.717) is 26.2 Å². The largest absolute Gasteiger partial charge is 0.468 e. The lowest BCUT2D eigenvalue weighted by Crippen LogP contribution is -2.56. The van der Waals surface area contributed by atoms with Crippen LogP contribution in [0.2, 0.25) is 0 Å². The van der Waals surface area contributed by atoms with Crippen LogP contribution >= 0.6 is 0 Å². The lowest BCUT2D eigenvalue weighted by atomic mass is 9.80. The minimum absolute atomic E-state index is 0.104. The first-order valence-electron chi connectivity index (χ1n) is 7.21. The molecule has 1 aliphatic rings. The van der Waals surface area contributed by atoms with Crippen LogP contribution in [0.3, 0.4) is 0 Å². The van der Waals surface area contributed by atoms with Gasteiger partial charge in [0.25, 0.3) is 0 Å². The van der Waals surface area contributed by atoms with E-state index in [0.717, 1.165) is 25.8 Å². The highest BCUT2D eigenvalue weighted by molar-refractivity contribution is 5.81. The third-order valence-corrected chi connectivity index (χ3v) is 3.58. The van der Waals surface area contributed by atoms with Crippen LogP contribution in [0.15, 0.2) is 0 Å². The zero-order valence-corrected chi connectivity index (χ0v) is 12.4. The summed E-state index contributed by atoms with van der Waals surface area (Å²) in [5, 5.41) is 3.29. The molecule has 1 aliphatic carbocycles. The number of hydrogen-bond donors (Lipinski definition) is 1. The first kappa shape index (κ1) is 16.4. The Morgan fingerprint density at radius 1 is 1.37 bits per heavy atom. The zero-order chi connectivity index (χ0) is 14.1. The molecule has 0 aromatic carbocycles. The van der Waals surface area contributed by atoms with E-state index in [-0.39, 0.29) is 12.1 Å². The van der Waals surface area contributed by atoms with Crippen LogP contribution < -0.4 is 5.32 Å². The maximum Gasteiger partial charge on any atom is 0.326 e. The molecule has 0 radical (unpaired) electrons. The van der Waals surface area contributed by atoms with Crippen LogP contribution in [0.4, 0.5) is 0 Å². The number of carbonyl (C=O) groups is 1. The summed E-state index contributed by atoms with van der Waals surface area (Å²) in [5.74, 6) is -0.174. The summed E-state index contributed by atoms with van der Waals surface area (Å²) < 4.78 is 16.0. The Labute approximate surface area is 116 Å². The van der Waals surface area contributed by atoms with Gasteiger partial charge in [-0.3, -0.25) is 4.79 Å². The Balaban J connectivity index is 2.51. The molecule has 5 nitrogen and oxygen atoms in total. The van der Waals surface area contributed by atoms with Gasteiger partial charge in [-0.1, -0.05) is 6.92 Å². The van der Waals surface area contributed by atoms with Gasteiger partial charge in [0.15, 0.2) is 0 Å². The molecule has 112 valence electrons. The minimum Gasteiger partial charge on any atom is -0.468 e. The van der Waals surface area contributed by atoms with Gasteiger partial charge in [0.1, 0.15) is 5.54 Å². The number of ether oxygens (including phenoxy) is 3. The van der Waals surface area contributed by atoms with E-state index in [1.54, 1.807) is 0 Å². The number of nitrogens with one attached hydrogen (secondary N) is 1. The SMILES string of the molecule is CCNC1(C(=O)OC)CCCC(OCCOCC)C1. The lowest BCUT2D eigenvalue weighted by molar-refractivity contribution is -0.153. The van der Waals surface area contributed by atoms with E-state index in [2.05, 4.69) is 5.32 Å². The molecule has 2 unspecified atom stereocenters. The number of likely N-dealkylation sites (N-methyl/N-ethyl adjacent to an activating group) is 1. The van der Waals surface area contributed by atoms with E-state index in [1.165, 1.54) is 7.11 Å². The van der Waals surface area contributed by atoms with Crippen molar-refractivity contribution in [1.29, 1.82) is 0 Å². The molecule has 0 aromatic rings. The lowest BCUT2D eigenvalue weighted by Gasteiger charge is -2.39. The van der Waals surface area contributed by atoms with Gasteiger partial charge in [-0.2, -0.15) is 0 Å². The van der Waals surface area contributed by atoms with E-state index in [9.17, 15) is 4.79 Å². The second kappa shape index (κ2) is 8.51. The molecular weight excluding hydrogens is 246 g/mol. The normalized spacial score (nSPS) is 27.2. The molecule has 0 heterocycles. The molecule has 0 amide bonds. The van der Waals surface area contributed by atoms with Gasteiger partial charge in [-0.15, -0.1) is 0 Å². The van der Waals surface area contributed by atoms with Gasteiger partial charge in [-0.05, 0) is 32.7 Å². The van der Waals surface area contributed by atoms with E-state index in [4.69, 9.17) is 14.2 Å². The highest BCUT2D eigenvalue weighted by Crippen LogP contribution is 2.31. The number of hydrogen-bond acceptors (Lipinski definition) is 5. The number of methoxy groups -OCH3 is 1. The summed E-state index contributed by atoms with van der Waals surface area (Å²) in [6.07, 6.45) is 3.57. The highest BCUT2D eigenvalue weighted by atomic mass is 16.5. The Morgan fingerprint density at radius 2 is 2.16 bits per heavy atom. The number of esters is 1. The molecule has 1 rings (SSSR count). The van der Waals surface area contributed by atoms with Crippen molar-refractivity contribution in [2.24, 2.45) is 0 Å². The highest BCUT2D eigenvalue weighted by Gasteiger charge is 2.43. The van der Waals surface area contributed by atoms with Gasteiger partial charge in [0.2, 0.25) is 0 Å². The fourth-order valence-electron chi connectivity index (χ4n) is 2.74. The van der Waals surface area contributed by atoms with Gasteiger partial charge >= 0.3 is 5.97 Å². The van der Waals surface area contributed by atoms with Crippen molar-refractivity contribution in [2.75, 3.05) is 33.5 Å². The summed E-state index contributed by atoms with van der Waals surface area (Å²) in [5.41, 5.74) is -0.571. The fraction of sp³-hybridized carbons (Fsp3) is 0.929. The fourth-order valence-corrected chi connectivity index (χ4v) is 2.74. The molecule has 0 aromatic heterocycles. The van der Waals surface area contributed by atoms with E-state index in [1.807, 2.05) is 13.8 Å². The Morgan fingerprint density at radius 3 is 2.79 bits per heavy atom. The summed E-state index contributed by atoms with van der Waals surface area (Å²) >= 11 is 0. The molecule has 5 heteroatoms. The molecule has 0 spiro atoms. The molecule has 1 saturated carbocycles. The standard InChI is InChI=1S/C14H27NO4/c1-4-15-14(13(16)17-3)8-6-7-12(11-14)19-10-9-18-5-2/h12,15H,4-11H2,1-3H3. The van der Waals surface area contributed by atoms with E-state index < -0.39 is 5.54 Å². The van der Waals surface area contributed by atoms with Gasteiger partial charge in [0.05, 0.1) is 26.4 Å².